The zero-order chi connectivity index (χ0) is 20.9. The van der Waals surface area contributed by atoms with Gasteiger partial charge >= 0.3 is 0 Å². The Morgan fingerprint density at radius 3 is 2.03 bits per heavy atom. The van der Waals surface area contributed by atoms with Gasteiger partial charge in [-0.05, 0) is 86.3 Å². The molecule has 0 unspecified atom stereocenters. The second kappa shape index (κ2) is 10.1. The first-order chi connectivity index (χ1) is 14.6. The molecule has 2 aliphatic rings. The zero-order valence-electron chi connectivity index (χ0n) is 19.0. The molecule has 0 radical (unpaired) electrons. The molecule has 162 valence electrons. The maximum atomic E-state index is 14.9. The van der Waals surface area contributed by atoms with Crippen molar-refractivity contribution >= 4 is 0 Å². The fraction of sp³-hybridized carbons (Fsp3) is 0.586. The quantitative estimate of drug-likeness (QED) is 0.449. The SMILES string of the molecule is CCCCC1CCC(C2CCC(c3ccc(-c4ccc(C)cc4)c(F)c3)CC2)CC1. The van der Waals surface area contributed by atoms with Gasteiger partial charge in [0.2, 0.25) is 0 Å². The maximum absolute atomic E-state index is 14.9. The first-order valence-electron chi connectivity index (χ1n) is 12.5. The van der Waals surface area contributed by atoms with Gasteiger partial charge in [-0.3, -0.25) is 0 Å². The van der Waals surface area contributed by atoms with E-state index in [-0.39, 0.29) is 5.82 Å². The summed E-state index contributed by atoms with van der Waals surface area (Å²) in [6.07, 6.45) is 15.2. The lowest BCUT2D eigenvalue weighted by molar-refractivity contribution is 0.156. The van der Waals surface area contributed by atoms with Gasteiger partial charge in [0, 0.05) is 5.56 Å². The van der Waals surface area contributed by atoms with Crippen LogP contribution in [-0.2, 0) is 0 Å². The average Bonchev–Trinajstić information content (AvgIpc) is 2.79. The standard InChI is InChI=1S/C29H39F/c1-3-4-5-22-8-12-23(13-9-22)24-14-16-25(17-15-24)27-18-19-28(29(30)20-27)26-10-6-21(2)7-11-26/h6-7,10-11,18-20,22-25H,3-5,8-9,12-17H2,1-2H3. The minimum atomic E-state index is -0.0659. The number of unbranched alkanes of at least 4 members (excludes halogenated alkanes) is 1. The van der Waals surface area contributed by atoms with E-state index in [2.05, 4.69) is 32.0 Å². The van der Waals surface area contributed by atoms with E-state index >= 15 is 0 Å². The first-order valence-corrected chi connectivity index (χ1v) is 12.5. The average molecular weight is 407 g/mol. The summed E-state index contributed by atoms with van der Waals surface area (Å²) >= 11 is 0. The molecule has 0 saturated heterocycles. The van der Waals surface area contributed by atoms with Crippen molar-refractivity contribution in [2.24, 2.45) is 17.8 Å². The summed E-state index contributed by atoms with van der Waals surface area (Å²) in [5.74, 6) is 3.37. The van der Waals surface area contributed by atoms with Gasteiger partial charge in [0.15, 0.2) is 0 Å². The minimum Gasteiger partial charge on any atom is -0.206 e. The van der Waals surface area contributed by atoms with Crippen LogP contribution in [0.2, 0.25) is 0 Å². The fourth-order valence-corrected chi connectivity index (χ4v) is 6.12. The number of hydrogen-bond donors (Lipinski definition) is 0. The summed E-state index contributed by atoms with van der Waals surface area (Å²) in [5.41, 5.74) is 4.13. The Hall–Kier alpha value is -1.63. The molecular formula is C29H39F. The van der Waals surface area contributed by atoms with Crippen LogP contribution >= 0.6 is 0 Å². The molecule has 2 aromatic carbocycles. The Bertz CT molecular complexity index is 790. The maximum Gasteiger partial charge on any atom is 0.131 e. The zero-order valence-corrected chi connectivity index (χ0v) is 19.0. The minimum absolute atomic E-state index is 0.0659. The van der Waals surface area contributed by atoms with Crippen molar-refractivity contribution in [3.63, 3.8) is 0 Å². The van der Waals surface area contributed by atoms with E-state index < -0.39 is 0 Å². The highest BCUT2D eigenvalue weighted by atomic mass is 19.1. The van der Waals surface area contributed by atoms with Crippen LogP contribution in [0.5, 0.6) is 0 Å². The van der Waals surface area contributed by atoms with Gasteiger partial charge in [-0.15, -0.1) is 0 Å². The summed E-state index contributed by atoms with van der Waals surface area (Å²) in [4.78, 5) is 0. The molecule has 2 fully saturated rings. The highest BCUT2D eigenvalue weighted by Gasteiger charge is 2.31. The summed E-state index contributed by atoms with van der Waals surface area (Å²) in [6.45, 7) is 4.38. The molecule has 30 heavy (non-hydrogen) atoms. The van der Waals surface area contributed by atoms with Gasteiger partial charge < -0.3 is 0 Å². The van der Waals surface area contributed by atoms with Gasteiger partial charge in [0.25, 0.3) is 0 Å². The number of hydrogen-bond acceptors (Lipinski definition) is 0. The summed E-state index contributed by atoms with van der Waals surface area (Å²) in [6, 6.07) is 14.2. The van der Waals surface area contributed by atoms with Crippen LogP contribution in [0.1, 0.15) is 94.6 Å². The Morgan fingerprint density at radius 2 is 1.43 bits per heavy atom. The summed E-state index contributed by atoms with van der Waals surface area (Å²) < 4.78 is 14.9. The molecule has 2 saturated carbocycles. The molecule has 0 amide bonds. The largest absolute Gasteiger partial charge is 0.206 e. The first kappa shape index (κ1) is 21.6. The third-order valence-electron chi connectivity index (χ3n) is 8.12. The molecule has 0 heterocycles. The van der Waals surface area contributed by atoms with Gasteiger partial charge in [-0.1, -0.05) is 81.0 Å². The van der Waals surface area contributed by atoms with Crippen LogP contribution < -0.4 is 0 Å². The highest BCUT2D eigenvalue weighted by Crippen LogP contribution is 2.44. The molecule has 0 bridgehead atoms. The lowest BCUT2D eigenvalue weighted by Crippen LogP contribution is -2.25. The fourth-order valence-electron chi connectivity index (χ4n) is 6.12. The highest BCUT2D eigenvalue weighted by molar-refractivity contribution is 5.64. The van der Waals surface area contributed by atoms with Gasteiger partial charge in [0.05, 0.1) is 0 Å². The number of aryl methyl sites for hydroxylation is 1. The smallest absolute Gasteiger partial charge is 0.131 e. The molecule has 2 aliphatic carbocycles. The summed E-state index contributed by atoms with van der Waals surface area (Å²) in [7, 11) is 0. The lowest BCUT2D eigenvalue weighted by Gasteiger charge is -2.38. The number of halogens is 1. The normalized spacial score (nSPS) is 27.2. The molecule has 0 aromatic heterocycles. The van der Waals surface area contributed by atoms with Crippen molar-refractivity contribution in [2.75, 3.05) is 0 Å². The molecule has 0 N–H and O–H groups in total. The number of benzene rings is 2. The van der Waals surface area contributed by atoms with Crippen LogP contribution in [0, 0.1) is 30.5 Å². The Morgan fingerprint density at radius 1 is 0.800 bits per heavy atom. The molecule has 4 rings (SSSR count). The van der Waals surface area contributed by atoms with Crippen LogP contribution in [0.25, 0.3) is 11.1 Å². The van der Waals surface area contributed by atoms with E-state index in [1.165, 1.54) is 81.8 Å². The van der Waals surface area contributed by atoms with Crippen molar-refractivity contribution < 1.29 is 4.39 Å². The third kappa shape index (κ3) is 5.16. The molecule has 0 aliphatic heterocycles. The second-order valence-corrected chi connectivity index (χ2v) is 10.1. The van der Waals surface area contributed by atoms with E-state index in [0.29, 0.717) is 5.92 Å². The van der Waals surface area contributed by atoms with Crippen molar-refractivity contribution in [3.8, 4) is 11.1 Å². The van der Waals surface area contributed by atoms with Gasteiger partial charge in [0.1, 0.15) is 5.82 Å². The van der Waals surface area contributed by atoms with E-state index in [4.69, 9.17) is 0 Å². The van der Waals surface area contributed by atoms with E-state index in [0.717, 1.165) is 28.9 Å². The van der Waals surface area contributed by atoms with E-state index in [1.54, 1.807) is 0 Å². The van der Waals surface area contributed by atoms with Crippen molar-refractivity contribution in [3.05, 3.63) is 59.4 Å². The molecule has 0 nitrogen and oxygen atoms in total. The van der Waals surface area contributed by atoms with Crippen LogP contribution in [0.4, 0.5) is 4.39 Å². The third-order valence-corrected chi connectivity index (χ3v) is 8.12. The Balaban J connectivity index is 1.31. The van der Waals surface area contributed by atoms with Gasteiger partial charge in [-0.25, -0.2) is 4.39 Å². The van der Waals surface area contributed by atoms with Crippen molar-refractivity contribution in [1.82, 2.24) is 0 Å². The second-order valence-electron chi connectivity index (χ2n) is 10.1. The topological polar surface area (TPSA) is 0 Å². The lowest BCUT2D eigenvalue weighted by atomic mass is 9.68. The Kier molecular flexibility index (Phi) is 7.28. The van der Waals surface area contributed by atoms with Crippen LogP contribution in [0.3, 0.4) is 0 Å². The van der Waals surface area contributed by atoms with Gasteiger partial charge in [-0.2, -0.15) is 0 Å². The molecule has 2 aromatic rings. The summed E-state index contributed by atoms with van der Waals surface area (Å²) in [5, 5.41) is 0. The number of rotatable bonds is 6. The van der Waals surface area contributed by atoms with Crippen LogP contribution in [0.15, 0.2) is 42.5 Å². The Labute approximate surface area is 183 Å². The predicted molar refractivity (Wildman–Crippen MR) is 126 cm³/mol. The predicted octanol–water partition coefficient (Wildman–Crippen LogP) is 9.07. The van der Waals surface area contributed by atoms with Crippen molar-refractivity contribution in [1.29, 1.82) is 0 Å². The monoisotopic (exact) mass is 406 g/mol. The van der Waals surface area contributed by atoms with Crippen molar-refractivity contribution in [2.45, 2.75) is 90.4 Å². The molecular weight excluding hydrogens is 367 g/mol. The molecule has 1 heteroatoms. The van der Waals surface area contributed by atoms with E-state index in [9.17, 15) is 4.39 Å². The van der Waals surface area contributed by atoms with E-state index in [1.807, 2.05) is 24.3 Å². The molecule has 0 atom stereocenters. The molecule has 0 spiro atoms. The van der Waals surface area contributed by atoms with Crippen LogP contribution in [-0.4, -0.2) is 0 Å².